The minimum Gasteiger partial charge on any atom is -0.461 e. The third kappa shape index (κ3) is 2.79. The molecule has 8 heteroatoms. The maximum Gasteiger partial charge on any atom is 0.361 e. The lowest BCUT2D eigenvalue weighted by atomic mass is 10.1. The molecule has 0 unspecified atom stereocenters. The zero-order valence-electron chi connectivity index (χ0n) is 10.8. The van der Waals surface area contributed by atoms with Gasteiger partial charge >= 0.3 is 5.97 Å². The second kappa shape index (κ2) is 5.91. The first kappa shape index (κ1) is 13.7. The fourth-order valence-corrected chi connectivity index (χ4v) is 1.70. The van der Waals surface area contributed by atoms with Crippen LogP contribution >= 0.6 is 0 Å². The minimum atomic E-state index is -0.609. The number of esters is 1. The van der Waals surface area contributed by atoms with Crippen molar-refractivity contribution in [1.82, 2.24) is 20.0 Å². The van der Waals surface area contributed by atoms with Crippen LogP contribution in [-0.4, -0.2) is 38.5 Å². The largest absolute Gasteiger partial charge is 0.461 e. The Kier molecular flexibility index (Phi) is 4.04. The van der Waals surface area contributed by atoms with Crippen molar-refractivity contribution in [3.05, 3.63) is 30.2 Å². The van der Waals surface area contributed by atoms with Gasteiger partial charge in [0.25, 0.3) is 0 Å². The first-order valence-electron chi connectivity index (χ1n) is 5.92. The van der Waals surface area contributed by atoms with E-state index in [2.05, 4.69) is 15.3 Å². The standard InChI is InChI=1S/C12H13N5O3/c1-2-20-12(19)10-11(8-4-3-5-14-6-8)17(16-15-10)7-9(13)18/h3-6H,2,7H2,1H3,(H2,13,18). The second-order valence-electron chi connectivity index (χ2n) is 3.87. The molecule has 20 heavy (non-hydrogen) atoms. The van der Waals surface area contributed by atoms with Gasteiger partial charge in [0.05, 0.1) is 6.61 Å². The van der Waals surface area contributed by atoms with Crippen molar-refractivity contribution in [1.29, 1.82) is 0 Å². The summed E-state index contributed by atoms with van der Waals surface area (Å²) in [7, 11) is 0. The maximum atomic E-state index is 11.9. The topological polar surface area (TPSA) is 113 Å². The number of nitrogens with zero attached hydrogens (tertiary/aromatic N) is 4. The first-order chi connectivity index (χ1) is 9.63. The molecular weight excluding hydrogens is 262 g/mol. The number of pyridine rings is 1. The number of aromatic nitrogens is 4. The molecule has 0 atom stereocenters. The lowest BCUT2D eigenvalue weighted by Gasteiger charge is -2.06. The van der Waals surface area contributed by atoms with E-state index in [0.717, 1.165) is 0 Å². The molecule has 0 aliphatic rings. The number of hydrogen-bond acceptors (Lipinski definition) is 6. The van der Waals surface area contributed by atoms with Gasteiger partial charge in [-0.1, -0.05) is 5.21 Å². The van der Waals surface area contributed by atoms with Gasteiger partial charge in [-0.25, -0.2) is 9.48 Å². The molecule has 0 bridgehead atoms. The summed E-state index contributed by atoms with van der Waals surface area (Å²) < 4.78 is 6.17. The molecule has 0 saturated carbocycles. The quantitative estimate of drug-likeness (QED) is 0.768. The third-order valence-corrected chi connectivity index (χ3v) is 2.44. The predicted octanol–water partition coefficient (Wildman–Crippen LogP) is 0.00210. The van der Waals surface area contributed by atoms with Crippen LogP contribution in [0.3, 0.4) is 0 Å². The van der Waals surface area contributed by atoms with Crippen LogP contribution in [0.5, 0.6) is 0 Å². The second-order valence-corrected chi connectivity index (χ2v) is 3.87. The number of primary amides is 1. The fourth-order valence-electron chi connectivity index (χ4n) is 1.70. The molecule has 0 spiro atoms. The summed E-state index contributed by atoms with van der Waals surface area (Å²) in [5, 5.41) is 7.54. The number of carbonyl (C=O) groups is 2. The summed E-state index contributed by atoms with van der Waals surface area (Å²) in [6, 6.07) is 3.43. The van der Waals surface area contributed by atoms with Crippen LogP contribution in [0, 0.1) is 0 Å². The lowest BCUT2D eigenvalue weighted by Crippen LogP contribution is -2.20. The van der Waals surface area contributed by atoms with Crippen molar-refractivity contribution in [2.24, 2.45) is 5.73 Å². The molecule has 8 nitrogen and oxygen atoms in total. The van der Waals surface area contributed by atoms with Gasteiger partial charge in [0.1, 0.15) is 12.2 Å². The number of amides is 1. The number of rotatable bonds is 5. The Morgan fingerprint density at radius 2 is 2.25 bits per heavy atom. The van der Waals surface area contributed by atoms with Crippen LogP contribution in [0.4, 0.5) is 0 Å². The van der Waals surface area contributed by atoms with Gasteiger partial charge in [0, 0.05) is 18.0 Å². The monoisotopic (exact) mass is 275 g/mol. The van der Waals surface area contributed by atoms with Gasteiger partial charge in [0.15, 0.2) is 5.69 Å². The van der Waals surface area contributed by atoms with Crippen molar-refractivity contribution in [2.75, 3.05) is 6.61 Å². The highest BCUT2D eigenvalue weighted by atomic mass is 16.5. The van der Waals surface area contributed by atoms with E-state index in [1.165, 1.54) is 4.68 Å². The van der Waals surface area contributed by atoms with Crippen molar-refractivity contribution in [3.8, 4) is 11.3 Å². The smallest absolute Gasteiger partial charge is 0.361 e. The normalized spacial score (nSPS) is 10.2. The maximum absolute atomic E-state index is 11.9. The highest BCUT2D eigenvalue weighted by molar-refractivity contribution is 5.94. The Balaban J connectivity index is 2.51. The SMILES string of the molecule is CCOC(=O)c1nnn(CC(N)=O)c1-c1cccnc1. The molecular formula is C12H13N5O3. The van der Waals surface area contributed by atoms with Crippen molar-refractivity contribution < 1.29 is 14.3 Å². The summed E-state index contributed by atoms with van der Waals surface area (Å²) >= 11 is 0. The lowest BCUT2D eigenvalue weighted by molar-refractivity contribution is -0.118. The predicted molar refractivity (Wildman–Crippen MR) is 68.4 cm³/mol. The van der Waals surface area contributed by atoms with E-state index in [4.69, 9.17) is 10.5 Å². The third-order valence-electron chi connectivity index (χ3n) is 2.44. The van der Waals surface area contributed by atoms with Crippen molar-refractivity contribution >= 4 is 11.9 Å². The average Bonchev–Trinajstić information content (AvgIpc) is 2.83. The van der Waals surface area contributed by atoms with E-state index >= 15 is 0 Å². The molecule has 0 fully saturated rings. The summed E-state index contributed by atoms with van der Waals surface area (Å²) in [6.45, 7) is 1.72. The summed E-state index contributed by atoms with van der Waals surface area (Å²) in [6.07, 6.45) is 3.13. The van der Waals surface area contributed by atoms with E-state index in [1.807, 2.05) is 0 Å². The van der Waals surface area contributed by atoms with Crippen LogP contribution in [0.25, 0.3) is 11.3 Å². The molecule has 2 rings (SSSR count). The molecule has 0 saturated heterocycles. The van der Waals surface area contributed by atoms with Crippen LogP contribution in [0.15, 0.2) is 24.5 Å². The summed E-state index contributed by atoms with van der Waals surface area (Å²) in [5.74, 6) is -1.20. The van der Waals surface area contributed by atoms with Gasteiger partial charge in [-0.05, 0) is 19.1 Å². The number of nitrogens with two attached hydrogens (primary N) is 1. The van der Waals surface area contributed by atoms with Gasteiger partial charge in [-0.3, -0.25) is 9.78 Å². The molecule has 0 aliphatic heterocycles. The zero-order valence-corrected chi connectivity index (χ0v) is 10.8. The molecule has 0 aliphatic carbocycles. The van der Waals surface area contributed by atoms with E-state index in [-0.39, 0.29) is 18.8 Å². The van der Waals surface area contributed by atoms with Gasteiger partial charge in [-0.15, -0.1) is 5.10 Å². The number of ether oxygens (including phenoxy) is 1. The minimum absolute atomic E-state index is 0.0288. The Morgan fingerprint density at radius 1 is 1.45 bits per heavy atom. The molecule has 0 aromatic carbocycles. The van der Waals surface area contributed by atoms with E-state index in [0.29, 0.717) is 11.3 Å². The summed E-state index contributed by atoms with van der Waals surface area (Å²) in [5.41, 5.74) is 6.14. The highest BCUT2D eigenvalue weighted by Crippen LogP contribution is 2.21. The highest BCUT2D eigenvalue weighted by Gasteiger charge is 2.22. The van der Waals surface area contributed by atoms with Gasteiger partial charge in [-0.2, -0.15) is 0 Å². The van der Waals surface area contributed by atoms with Crippen molar-refractivity contribution in [3.63, 3.8) is 0 Å². The van der Waals surface area contributed by atoms with Crippen molar-refractivity contribution in [2.45, 2.75) is 13.5 Å². The zero-order chi connectivity index (χ0) is 14.5. The van der Waals surface area contributed by atoms with E-state index in [9.17, 15) is 9.59 Å². The van der Waals surface area contributed by atoms with E-state index in [1.54, 1.807) is 31.5 Å². The Labute approximate surface area is 114 Å². The van der Waals surface area contributed by atoms with Gasteiger partial charge < -0.3 is 10.5 Å². The Hall–Kier alpha value is -2.77. The molecule has 104 valence electrons. The molecule has 2 heterocycles. The Bertz CT molecular complexity index is 623. The molecule has 2 aromatic rings. The number of hydrogen-bond donors (Lipinski definition) is 1. The van der Waals surface area contributed by atoms with Crippen LogP contribution in [-0.2, 0) is 16.1 Å². The van der Waals surface area contributed by atoms with Crippen LogP contribution in [0.2, 0.25) is 0 Å². The molecule has 1 amide bonds. The Morgan fingerprint density at radius 3 is 2.85 bits per heavy atom. The summed E-state index contributed by atoms with van der Waals surface area (Å²) in [4.78, 5) is 26.9. The number of carbonyl (C=O) groups excluding carboxylic acids is 2. The van der Waals surface area contributed by atoms with Gasteiger partial charge in [0.2, 0.25) is 5.91 Å². The molecule has 2 N–H and O–H groups in total. The van der Waals surface area contributed by atoms with Crippen LogP contribution < -0.4 is 5.73 Å². The fraction of sp³-hybridized carbons (Fsp3) is 0.250. The first-order valence-corrected chi connectivity index (χ1v) is 5.92. The molecule has 0 radical (unpaired) electrons. The van der Waals surface area contributed by atoms with E-state index < -0.39 is 11.9 Å². The average molecular weight is 275 g/mol. The van der Waals surface area contributed by atoms with Crippen LogP contribution in [0.1, 0.15) is 17.4 Å². The molecule has 2 aromatic heterocycles.